The van der Waals surface area contributed by atoms with E-state index in [1.165, 1.54) is 12.1 Å². The van der Waals surface area contributed by atoms with E-state index in [0.29, 0.717) is 22.7 Å². The number of benzene rings is 3. The van der Waals surface area contributed by atoms with Crippen molar-refractivity contribution in [3.63, 3.8) is 0 Å². The summed E-state index contributed by atoms with van der Waals surface area (Å²) in [7, 11) is -3.04. The van der Waals surface area contributed by atoms with Crippen molar-refractivity contribution < 1.29 is 27.7 Å². The summed E-state index contributed by atoms with van der Waals surface area (Å²) in [5.74, 6) is 1.66. The predicted octanol–water partition coefficient (Wildman–Crippen LogP) is 4.64. The average molecular weight is 714 g/mol. The fourth-order valence-electron chi connectivity index (χ4n) is 5.51. The molecule has 0 fully saturated rings. The molecule has 3 aromatic rings. The lowest BCUT2D eigenvalue weighted by Gasteiger charge is -2.36. The lowest BCUT2D eigenvalue weighted by molar-refractivity contribution is -0.132. The van der Waals surface area contributed by atoms with Crippen LogP contribution in [0.3, 0.4) is 0 Å². The van der Waals surface area contributed by atoms with Gasteiger partial charge in [-0.1, -0.05) is 65.0 Å². The molecule has 0 spiro atoms. The molecule has 0 aliphatic heterocycles. The van der Waals surface area contributed by atoms with Gasteiger partial charge in [-0.3, -0.25) is 14.9 Å². The van der Waals surface area contributed by atoms with Crippen LogP contribution in [-0.4, -0.2) is 69.1 Å². The normalized spacial score (nSPS) is 15.3. The maximum atomic E-state index is 14.2. The Labute approximate surface area is 296 Å². The first kappa shape index (κ1) is 40.6. The zero-order valence-electron chi connectivity index (χ0n) is 30.1. The van der Waals surface area contributed by atoms with Crippen molar-refractivity contribution in [1.82, 2.24) is 20.3 Å². The number of nitrogen functional groups attached to an aromatic ring is 1. The van der Waals surface area contributed by atoms with E-state index in [2.05, 4.69) is 21.8 Å². The van der Waals surface area contributed by atoms with Crippen LogP contribution in [0.4, 0.5) is 14.5 Å². The van der Waals surface area contributed by atoms with Gasteiger partial charge in [0.25, 0.3) is 0 Å². The topological polar surface area (TPSA) is 137 Å². The number of hydrogen-bond donors (Lipinski definition) is 5. The number of carbonyl (C=O) groups excluding carboxylic acids is 2. The number of halogens is 2. The van der Waals surface area contributed by atoms with Gasteiger partial charge in [-0.05, 0) is 85.0 Å². The molecule has 0 aliphatic carbocycles. The second-order valence-corrected chi connectivity index (χ2v) is 17.1. The quantitative estimate of drug-likeness (QED) is 0.108. The Morgan fingerprint density at radius 2 is 1.50 bits per heavy atom. The smallest absolute Gasteiger partial charge is 0.243 e. The van der Waals surface area contributed by atoms with Crippen LogP contribution in [0.15, 0.2) is 77.7 Å². The number of nitrogens with one attached hydrogen (secondary N) is 3. The minimum atomic E-state index is -3.04. The van der Waals surface area contributed by atoms with E-state index in [1.807, 2.05) is 65.0 Å². The van der Waals surface area contributed by atoms with Crippen LogP contribution in [-0.2, 0) is 31.3 Å². The molecule has 2 amide bonds. The number of nitrogens with two attached hydrogens (primary N) is 1. The highest BCUT2D eigenvalue weighted by Crippen LogP contribution is 2.24. The van der Waals surface area contributed by atoms with E-state index in [0.717, 1.165) is 11.6 Å². The Morgan fingerprint density at radius 1 is 0.920 bits per heavy atom. The van der Waals surface area contributed by atoms with Gasteiger partial charge in [-0.2, -0.15) is 0 Å². The van der Waals surface area contributed by atoms with Crippen LogP contribution >= 0.6 is 0 Å². The van der Waals surface area contributed by atoms with Crippen molar-refractivity contribution in [2.24, 2.45) is 11.3 Å². The van der Waals surface area contributed by atoms with E-state index >= 15 is 0 Å². The highest BCUT2D eigenvalue weighted by Gasteiger charge is 2.36. The Morgan fingerprint density at radius 3 is 2.04 bits per heavy atom. The molecule has 0 saturated carbocycles. The number of hydrogen-bond acceptors (Lipinski definition) is 6. The Hall–Kier alpha value is -3.84. The van der Waals surface area contributed by atoms with Gasteiger partial charge in [0.2, 0.25) is 11.8 Å². The van der Waals surface area contributed by atoms with Crippen molar-refractivity contribution in [3.8, 4) is 0 Å². The molecule has 3 rings (SSSR count). The molecule has 9 nitrogen and oxygen atoms in total. The minimum absolute atomic E-state index is 0.0606. The molecule has 0 heterocycles. The number of aliphatic hydroxyl groups is 1. The summed E-state index contributed by atoms with van der Waals surface area (Å²) in [5, 5.41) is 20.6. The van der Waals surface area contributed by atoms with Crippen LogP contribution in [0.1, 0.15) is 59.6 Å². The summed E-state index contributed by atoms with van der Waals surface area (Å²) < 4.78 is 43.6. The fraction of sp³-hybridized carbons (Fsp3) is 0.447. The van der Waals surface area contributed by atoms with Crippen molar-refractivity contribution in [2.45, 2.75) is 83.5 Å². The summed E-state index contributed by atoms with van der Waals surface area (Å²) in [6, 6.07) is 17.3. The first-order valence-electron chi connectivity index (χ1n) is 16.7. The Balaban J connectivity index is 1.84. The molecule has 0 aliphatic rings. The van der Waals surface area contributed by atoms with Crippen LogP contribution < -0.4 is 21.7 Å². The lowest BCUT2D eigenvalue weighted by Crippen LogP contribution is -2.59. The first-order valence-corrected chi connectivity index (χ1v) is 18.4. The molecule has 0 radical (unpaired) electrons. The molecule has 1 unspecified atom stereocenters. The maximum absolute atomic E-state index is 14.2. The number of rotatable bonds is 16. The second kappa shape index (κ2) is 16.9. The molecule has 274 valence electrons. The van der Waals surface area contributed by atoms with E-state index in [4.69, 9.17) is 5.73 Å². The molecule has 3 aromatic carbocycles. The fourth-order valence-corrected chi connectivity index (χ4v) is 7.30. The molecule has 0 saturated heterocycles. The van der Waals surface area contributed by atoms with E-state index < -0.39 is 62.3 Å². The number of nitrogens with zero attached hydrogens (tertiary/aromatic N) is 1. The minimum Gasteiger partial charge on any atom is -0.399 e. The lowest BCUT2D eigenvalue weighted by atomic mass is 9.85. The third-order valence-electron chi connectivity index (χ3n) is 8.42. The molecule has 0 aromatic heterocycles. The van der Waals surface area contributed by atoms with Gasteiger partial charge in [-0.15, -0.1) is 0 Å². The van der Waals surface area contributed by atoms with Crippen molar-refractivity contribution in [1.29, 1.82) is 0 Å². The number of anilines is 1. The molecular formula is C38H53F2N5O4S. The highest BCUT2D eigenvalue weighted by molar-refractivity contribution is 7.98. The van der Waals surface area contributed by atoms with Crippen LogP contribution in [0, 0.1) is 23.0 Å². The SMILES string of the molecule is C=S(=O)(c1ccc(N)cc1)N(CC(C)C)C[C@@H](O)[C@H](Cc1ccccc1)NC(=O)[C@@H](NC(=O)CNC(C)(C)c1cc(F)cc(F)c1)C(C)(C)C. The summed E-state index contributed by atoms with van der Waals surface area (Å²) in [6.45, 7) is 12.8. The van der Waals surface area contributed by atoms with Gasteiger partial charge in [0.15, 0.2) is 0 Å². The Bertz CT molecular complexity index is 1670. The molecule has 50 heavy (non-hydrogen) atoms. The first-order chi connectivity index (χ1) is 23.2. The molecule has 6 N–H and O–H groups in total. The van der Waals surface area contributed by atoms with Gasteiger partial charge in [0.1, 0.15) is 17.7 Å². The van der Waals surface area contributed by atoms with Crippen molar-refractivity contribution in [2.75, 3.05) is 25.4 Å². The second-order valence-electron chi connectivity index (χ2n) is 14.8. The summed E-state index contributed by atoms with van der Waals surface area (Å²) in [5.41, 5.74) is 5.85. The summed E-state index contributed by atoms with van der Waals surface area (Å²) >= 11 is 0. The van der Waals surface area contributed by atoms with Crippen molar-refractivity contribution >= 4 is 33.1 Å². The molecule has 4 atom stereocenters. The predicted molar refractivity (Wildman–Crippen MR) is 198 cm³/mol. The standard InChI is InChI=1S/C38H53F2N5O4S/c1-25(2)23-45(50(8,49)31-16-14-30(41)15-17-31)24-33(46)32(18-26-12-10-9-11-13-26)43-36(48)35(37(3,4)5)44-34(47)22-42-38(6,7)27-19-28(39)21-29(40)20-27/h9-17,19-21,25,32-33,35,42,46H,8,18,22-24,41H2,1-7H3,(H,43,48)(H,44,47)/t32-,33+,35+,50?/m0/s1. The van der Waals surface area contributed by atoms with Gasteiger partial charge in [0.05, 0.1) is 28.4 Å². The number of aliphatic hydroxyl groups excluding tert-OH is 1. The number of carbonyl (C=O) groups is 2. The van der Waals surface area contributed by atoms with E-state index in [1.54, 1.807) is 42.4 Å². The van der Waals surface area contributed by atoms with Gasteiger partial charge >= 0.3 is 0 Å². The highest BCUT2D eigenvalue weighted by atomic mass is 32.2. The Kier molecular flexibility index (Phi) is 13.7. The monoisotopic (exact) mass is 713 g/mol. The molecule has 12 heteroatoms. The van der Waals surface area contributed by atoms with Crippen molar-refractivity contribution in [3.05, 3.63) is 95.6 Å². The van der Waals surface area contributed by atoms with E-state index in [9.17, 15) is 27.7 Å². The zero-order valence-corrected chi connectivity index (χ0v) is 31.0. The molecular weight excluding hydrogens is 661 g/mol. The van der Waals surface area contributed by atoms with Crippen LogP contribution in [0.5, 0.6) is 0 Å². The summed E-state index contributed by atoms with van der Waals surface area (Å²) in [4.78, 5) is 27.7. The third-order valence-corrected chi connectivity index (χ3v) is 10.6. The number of amides is 2. The van der Waals surface area contributed by atoms with Gasteiger partial charge < -0.3 is 21.5 Å². The van der Waals surface area contributed by atoms with Crippen LogP contribution in [0.2, 0.25) is 0 Å². The van der Waals surface area contributed by atoms with Crippen LogP contribution in [0.25, 0.3) is 0 Å². The van der Waals surface area contributed by atoms with Gasteiger partial charge in [0, 0.05) is 35.3 Å². The third kappa shape index (κ3) is 11.6. The molecule has 0 bridgehead atoms. The largest absolute Gasteiger partial charge is 0.399 e. The van der Waals surface area contributed by atoms with E-state index in [-0.39, 0.29) is 25.4 Å². The average Bonchev–Trinajstić information content (AvgIpc) is 3.01. The van der Waals surface area contributed by atoms with Gasteiger partial charge in [-0.25, -0.2) is 17.3 Å². The summed E-state index contributed by atoms with van der Waals surface area (Å²) in [6.07, 6.45) is -0.923. The zero-order chi connectivity index (χ0) is 37.4. The maximum Gasteiger partial charge on any atom is 0.243 e.